The third-order valence-electron chi connectivity index (χ3n) is 5.80. The monoisotopic (exact) mass is 650 g/mol. The van der Waals surface area contributed by atoms with E-state index in [1.165, 1.54) is 7.11 Å². The van der Waals surface area contributed by atoms with E-state index in [1.807, 2.05) is 0 Å². The van der Waals surface area contributed by atoms with E-state index in [-0.39, 0.29) is 0 Å². The van der Waals surface area contributed by atoms with Crippen LogP contribution in [0.4, 0.5) is 0 Å². The molecule has 0 bridgehead atoms. The molecule has 2 aliphatic heterocycles. The van der Waals surface area contributed by atoms with Crippen molar-refractivity contribution < 1.29 is 90.3 Å². The first-order chi connectivity index (χ1) is 18.4. The molecule has 0 aliphatic carbocycles. The quantitative estimate of drug-likeness (QED) is 0.139. The molecule has 2 heterocycles. The van der Waals surface area contributed by atoms with Crippen molar-refractivity contribution in [1.82, 2.24) is 0 Å². The first kappa shape index (κ1) is 35.0. The highest BCUT2D eigenvalue weighted by atomic mass is 32.3. The molecule has 4 N–H and O–H groups in total. The van der Waals surface area contributed by atoms with Crippen molar-refractivity contribution in [3.05, 3.63) is 0 Å². The van der Waals surface area contributed by atoms with Crippen molar-refractivity contribution in [2.75, 3.05) is 34.2 Å². The fraction of sp³-hybridized carbons (Fsp3) is 0.941. The molecular weight excluding hydrogens is 620 g/mol. The lowest BCUT2D eigenvalue weighted by atomic mass is 9.95. The average molecular weight is 651 g/mol. The fourth-order valence-corrected chi connectivity index (χ4v) is 5.78. The molecular formula is C17H30O20S3. The van der Waals surface area contributed by atoms with E-state index < -0.39 is 110 Å². The Balaban J connectivity index is 2.64. The lowest BCUT2D eigenvalue weighted by Gasteiger charge is -2.48. The minimum absolute atomic E-state index is 0.700. The van der Waals surface area contributed by atoms with E-state index in [9.17, 15) is 48.8 Å². The van der Waals surface area contributed by atoms with Gasteiger partial charge in [-0.25, -0.2) is 13.2 Å². The highest BCUT2D eigenvalue weighted by molar-refractivity contribution is 7.85. The average Bonchev–Trinajstić information content (AvgIpc) is 2.82. The van der Waals surface area contributed by atoms with Crippen molar-refractivity contribution in [2.45, 2.75) is 67.8 Å². The van der Waals surface area contributed by atoms with Crippen molar-refractivity contribution in [1.29, 1.82) is 0 Å². The Morgan fingerprint density at radius 2 is 1.20 bits per heavy atom. The van der Waals surface area contributed by atoms with Crippen LogP contribution in [-0.2, 0) is 77.2 Å². The number of ether oxygens (including phenoxy) is 7. The number of methoxy groups -OCH3 is 4. The number of carbonyl (C=O) groups is 1. The first-order valence-corrected chi connectivity index (χ1v) is 15.3. The summed E-state index contributed by atoms with van der Waals surface area (Å²) in [5.74, 6) is -2.59. The second kappa shape index (κ2) is 13.9. The second-order valence-electron chi connectivity index (χ2n) is 8.30. The highest BCUT2D eigenvalue weighted by Crippen LogP contribution is 2.36. The number of hydrogen-bond donors (Lipinski definition) is 4. The van der Waals surface area contributed by atoms with Crippen LogP contribution in [0.5, 0.6) is 0 Å². The van der Waals surface area contributed by atoms with Crippen molar-refractivity contribution >= 4 is 36.9 Å². The molecule has 0 aromatic heterocycles. The van der Waals surface area contributed by atoms with Gasteiger partial charge in [-0.05, 0) is 6.42 Å². The molecule has 0 aromatic carbocycles. The maximum atomic E-state index is 11.9. The minimum atomic E-state index is -5.48. The summed E-state index contributed by atoms with van der Waals surface area (Å²) in [6, 6.07) is 0. The Labute approximate surface area is 229 Å². The van der Waals surface area contributed by atoms with Gasteiger partial charge in [-0.1, -0.05) is 0 Å². The molecule has 2 aliphatic rings. The molecule has 40 heavy (non-hydrogen) atoms. The van der Waals surface area contributed by atoms with Crippen molar-refractivity contribution in [3.8, 4) is 0 Å². The summed E-state index contributed by atoms with van der Waals surface area (Å²) in [5.41, 5.74) is 0. The van der Waals surface area contributed by atoms with Gasteiger partial charge >= 0.3 is 26.8 Å². The third kappa shape index (κ3) is 9.43. The fourth-order valence-electron chi connectivity index (χ4n) is 4.27. The van der Waals surface area contributed by atoms with Crippen LogP contribution in [0.15, 0.2) is 0 Å². The smallest absolute Gasteiger partial charge is 0.397 e. The zero-order valence-electron chi connectivity index (χ0n) is 21.2. The molecule has 0 radical (unpaired) electrons. The molecule has 10 atom stereocenters. The Hall–Kier alpha value is -1.16. The number of carboxylic acid groups (broad SMARTS) is 1. The summed E-state index contributed by atoms with van der Waals surface area (Å²) in [4.78, 5) is 11.9. The largest absolute Gasteiger partial charge is 0.479 e. The van der Waals surface area contributed by atoms with Crippen LogP contribution >= 0.6 is 0 Å². The first-order valence-electron chi connectivity index (χ1n) is 10.9. The van der Waals surface area contributed by atoms with Crippen LogP contribution in [-0.4, -0.2) is 146 Å². The van der Waals surface area contributed by atoms with E-state index in [0.29, 0.717) is 0 Å². The lowest BCUT2D eigenvalue weighted by Crippen LogP contribution is -2.66. The van der Waals surface area contributed by atoms with E-state index in [1.54, 1.807) is 0 Å². The Morgan fingerprint density at radius 3 is 1.62 bits per heavy atom. The van der Waals surface area contributed by atoms with Crippen molar-refractivity contribution in [3.63, 3.8) is 0 Å². The van der Waals surface area contributed by atoms with Crippen LogP contribution in [0.2, 0.25) is 0 Å². The maximum absolute atomic E-state index is 11.9. The van der Waals surface area contributed by atoms with E-state index >= 15 is 0 Å². The van der Waals surface area contributed by atoms with Gasteiger partial charge in [0.15, 0.2) is 24.8 Å². The van der Waals surface area contributed by atoms with Gasteiger partial charge < -0.3 is 38.3 Å². The summed E-state index contributed by atoms with van der Waals surface area (Å²) in [5, 5.41) is 9.66. The van der Waals surface area contributed by atoms with Gasteiger partial charge in [-0.2, -0.15) is 25.3 Å². The molecule has 2 fully saturated rings. The number of rotatable bonds is 14. The standard InChI is InChI=1S/C17H30O20S3/c1-29-9-10(30-2)13(31-3)17(35-12(9)15(18)19)34-8-7(5-6-38(20,21)22)33-16(32-4)14(37-40(26,27)28)11(8)36-39(23,24)25/h7-14,16-17H,5-6H2,1-4H3,(H,18,19)(H,20,21,22)(H,23,24,25)(H,26,27,28)/t7-,8-,9+,10+,11+,12+,13-,14-,16+,17-/m1/s1. The van der Waals surface area contributed by atoms with E-state index in [2.05, 4.69) is 8.37 Å². The molecule has 2 rings (SSSR count). The molecule has 20 nitrogen and oxygen atoms in total. The SMILES string of the molecule is CO[C@H]1O[C@H](CCS(=O)(=O)O)[C@@H](O[C@@H]2O[C@H](C(=O)O)[C@@H](OC)[C@H](OC)[C@H]2OC)[C@H](OS(=O)(=O)O)[C@H]1OS(=O)(=O)O. The minimum Gasteiger partial charge on any atom is -0.479 e. The van der Waals surface area contributed by atoms with Gasteiger partial charge in [-0.15, -0.1) is 0 Å². The zero-order valence-corrected chi connectivity index (χ0v) is 23.7. The molecule has 0 amide bonds. The van der Waals surface area contributed by atoms with Gasteiger partial charge in [-0.3, -0.25) is 13.7 Å². The summed E-state index contributed by atoms with van der Waals surface area (Å²) < 4.78 is 144. The van der Waals surface area contributed by atoms with Crippen LogP contribution in [0, 0.1) is 0 Å². The summed E-state index contributed by atoms with van der Waals surface area (Å²) in [6.45, 7) is 0. The summed E-state index contributed by atoms with van der Waals surface area (Å²) in [7, 11) is -11.2. The Bertz CT molecular complexity index is 1170. The Morgan fingerprint density at radius 1 is 0.675 bits per heavy atom. The zero-order chi connectivity index (χ0) is 30.6. The van der Waals surface area contributed by atoms with E-state index in [4.69, 9.17) is 33.2 Å². The number of aliphatic carboxylic acids is 1. The third-order valence-corrected chi connectivity index (χ3v) is 7.48. The molecule has 236 valence electrons. The van der Waals surface area contributed by atoms with Crippen LogP contribution in [0.1, 0.15) is 6.42 Å². The highest BCUT2D eigenvalue weighted by Gasteiger charge is 2.56. The summed E-state index contributed by atoms with van der Waals surface area (Å²) in [6.07, 6.45) is -18.3. The normalized spacial score (nSPS) is 35.9. The van der Waals surface area contributed by atoms with Crippen LogP contribution in [0.25, 0.3) is 0 Å². The van der Waals surface area contributed by atoms with Crippen LogP contribution < -0.4 is 0 Å². The van der Waals surface area contributed by atoms with Gasteiger partial charge in [0.1, 0.15) is 30.5 Å². The van der Waals surface area contributed by atoms with Crippen LogP contribution in [0.3, 0.4) is 0 Å². The topological polar surface area (TPSA) is 283 Å². The maximum Gasteiger partial charge on any atom is 0.397 e. The molecule has 0 saturated carbocycles. The van der Waals surface area contributed by atoms with Gasteiger partial charge in [0.2, 0.25) is 0 Å². The second-order valence-corrected chi connectivity index (χ2v) is 12.0. The van der Waals surface area contributed by atoms with Crippen molar-refractivity contribution in [2.24, 2.45) is 0 Å². The van der Waals surface area contributed by atoms with Gasteiger partial charge in [0, 0.05) is 28.4 Å². The number of hydrogen-bond acceptors (Lipinski definition) is 16. The molecule has 0 unspecified atom stereocenters. The van der Waals surface area contributed by atoms with E-state index in [0.717, 1.165) is 21.3 Å². The molecule has 0 spiro atoms. The number of carboxylic acids is 1. The van der Waals surface area contributed by atoms with Gasteiger partial charge in [0.25, 0.3) is 10.1 Å². The predicted octanol–water partition coefficient (Wildman–Crippen LogP) is -2.75. The van der Waals surface area contributed by atoms with Gasteiger partial charge in [0.05, 0.1) is 11.9 Å². The molecule has 2 saturated heterocycles. The summed E-state index contributed by atoms with van der Waals surface area (Å²) >= 11 is 0. The molecule has 23 heteroatoms. The predicted molar refractivity (Wildman–Crippen MR) is 123 cm³/mol. The Kier molecular flexibility index (Phi) is 12.2. The lowest BCUT2D eigenvalue weighted by molar-refractivity contribution is -0.351. The molecule has 0 aromatic rings.